The Balaban J connectivity index is 1.96. The zero-order valence-corrected chi connectivity index (χ0v) is 22.5. The molecule has 0 radical (unpaired) electrons. The molecular formula is C23H30N5O6PS. The third kappa shape index (κ3) is 5.07. The summed E-state index contributed by atoms with van der Waals surface area (Å²) < 4.78 is 48.3. The fourth-order valence-corrected chi connectivity index (χ4v) is 6.48. The Labute approximate surface area is 208 Å². The first-order valence-electron chi connectivity index (χ1n) is 11.4. The molecule has 1 aliphatic heterocycles. The van der Waals surface area contributed by atoms with Crippen LogP contribution in [0.3, 0.4) is 0 Å². The fraction of sp³-hybridized carbons (Fsp3) is 0.391. The summed E-state index contributed by atoms with van der Waals surface area (Å²) in [6, 6.07) is 7.73. The van der Waals surface area contributed by atoms with Crippen molar-refractivity contribution in [3.63, 3.8) is 0 Å². The maximum atomic E-state index is 13.9. The van der Waals surface area contributed by atoms with Crippen LogP contribution in [0.5, 0.6) is 0 Å². The van der Waals surface area contributed by atoms with Gasteiger partial charge >= 0.3 is 7.52 Å². The van der Waals surface area contributed by atoms with Crippen molar-refractivity contribution in [1.29, 1.82) is 0 Å². The van der Waals surface area contributed by atoms with Gasteiger partial charge in [0.1, 0.15) is 16.6 Å². The quantitative estimate of drug-likeness (QED) is 0.405. The van der Waals surface area contributed by atoms with Gasteiger partial charge in [0.2, 0.25) is 15.5 Å². The second kappa shape index (κ2) is 9.10. The molecule has 1 atom stereocenters. The van der Waals surface area contributed by atoms with Crippen LogP contribution in [0.2, 0.25) is 0 Å². The van der Waals surface area contributed by atoms with Crippen LogP contribution >= 0.6 is 7.52 Å². The molecule has 0 spiro atoms. The molecule has 2 aromatic heterocycles. The highest BCUT2D eigenvalue weighted by Gasteiger charge is 2.35. The maximum absolute atomic E-state index is 13.9. The molecule has 11 nitrogen and oxygen atoms in total. The fourth-order valence-electron chi connectivity index (χ4n) is 4.02. The molecule has 1 aliphatic rings. The largest absolute Gasteiger partial charge is 0.340 e. The molecule has 4 rings (SSSR count). The molecule has 1 unspecified atom stereocenters. The van der Waals surface area contributed by atoms with Crippen LogP contribution in [0, 0.1) is 5.41 Å². The molecule has 0 amide bonds. The van der Waals surface area contributed by atoms with E-state index >= 15 is 0 Å². The van der Waals surface area contributed by atoms with Gasteiger partial charge in [0, 0.05) is 18.4 Å². The maximum Gasteiger partial charge on any atom is 0.327 e. The van der Waals surface area contributed by atoms with Gasteiger partial charge in [-0.15, -0.1) is 0 Å². The lowest BCUT2D eigenvalue weighted by atomic mass is 9.92. The Bertz CT molecular complexity index is 1670. The van der Waals surface area contributed by atoms with Crippen molar-refractivity contribution in [2.75, 3.05) is 22.9 Å². The van der Waals surface area contributed by atoms with E-state index < -0.39 is 28.5 Å². The smallest absolute Gasteiger partial charge is 0.327 e. The summed E-state index contributed by atoms with van der Waals surface area (Å²) in [6.07, 6.45) is 3.35. The normalized spacial score (nSPS) is 19.5. The van der Waals surface area contributed by atoms with Crippen molar-refractivity contribution >= 4 is 45.6 Å². The number of aromatic nitrogens is 2. The SMILES string of the molecule is CCOP1(=O)NC(=c2c(=O)c3cccn3n(CCC(C)(C)C)c2=O)Nc2ccc(NS(C)(=O)=O)cc21. The minimum atomic E-state index is -3.84. The zero-order valence-electron chi connectivity index (χ0n) is 20.8. The highest BCUT2D eigenvalue weighted by atomic mass is 32.2. The number of hydrogen-bond acceptors (Lipinski definition) is 7. The highest BCUT2D eigenvalue weighted by molar-refractivity contribution is 7.92. The van der Waals surface area contributed by atoms with E-state index in [9.17, 15) is 22.6 Å². The van der Waals surface area contributed by atoms with Crippen LogP contribution in [-0.4, -0.2) is 30.5 Å². The minimum absolute atomic E-state index is 0.0219. The molecule has 0 aliphatic carbocycles. The Morgan fingerprint density at radius 2 is 1.89 bits per heavy atom. The topological polar surface area (TPSA) is 140 Å². The van der Waals surface area contributed by atoms with Crippen molar-refractivity contribution in [3.8, 4) is 0 Å². The number of hydrogen-bond donors (Lipinski definition) is 3. The number of aryl methyl sites for hydroxylation is 1. The van der Waals surface area contributed by atoms with E-state index in [2.05, 4.69) is 35.9 Å². The Morgan fingerprint density at radius 1 is 1.17 bits per heavy atom. The Kier molecular flexibility index (Phi) is 6.57. The summed E-state index contributed by atoms with van der Waals surface area (Å²) in [5.74, 6) is -0.0219. The number of fused-ring (bicyclic) bond motifs is 2. The lowest BCUT2D eigenvalue weighted by molar-refractivity contribution is 0.331. The molecule has 0 bridgehead atoms. The highest BCUT2D eigenvalue weighted by Crippen LogP contribution is 2.47. The second-order valence-electron chi connectivity index (χ2n) is 9.87. The molecule has 13 heteroatoms. The number of nitrogens with zero attached hydrogens (tertiary/aromatic N) is 2. The Hall–Kier alpha value is -3.08. The van der Waals surface area contributed by atoms with E-state index in [-0.39, 0.29) is 34.1 Å². The molecule has 0 fully saturated rings. The summed E-state index contributed by atoms with van der Waals surface area (Å²) in [7, 11) is -7.41. The molecule has 3 N–H and O–H groups in total. The number of sulfonamides is 1. The first-order chi connectivity index (χ1) is 16.7. The van der Waals surface area contributed by atoms with Gasteiger partial charge < -0.3 is 9.84 Å². The first kappa shape index (κ1) is 26.0. The van der Waals surface area contributed by atoms with Crippen molar-refractivity contribution in [1.82, 2.24) is 14.3 Å². The van der Waals surface area contributed by atoms with Gasteiger partial charge in [-0.2, -0.15) is 0 Å². The summed E-state index contributed by atoms with van der Waals surface area (Å²) in [5.41, 5.74) is -0.273. The first-order valence-corrected chi connectivity index (χ1v) is 14.9. The van der Waals surface area contributed by atoms with E-state index in [0.29, 0.717) is 24.2 Å². The van der Waals surface area contributed by atoms with E-state index in [1.165, 1.54) is 22.9 Å². The monoisotopic (exact) mass is 535 g/mol. The number of nitrogens with one attached hydrogen (secondary N) is 3. The summed E-state index contributed by atoms with van der Waals surface area (Å²) in [5, 5.41) is 5.78. The van der Waals surface area contributed by atoms with Gasteiger partial charge in [-0.3, -0.25) is 28.5 Å². The van der Waals surface area contributed by atoms with E-state index in [4.69, 9.17) is 4.52 Å². The molecule has 3 heterocycles. The van der Waals surface area contributed by atoms with Gasteiger partial charge in [0.25, 0.3) is 5.56 Å². The number of anilines is 2. The van der Waals surface area contributed by atoms with Crippen LogP contribution in [0.15, 0.2) is 46.1 Å². The third-order valence-corrected chi connectivity index (χ3v) is 8.42. The third-order valence-electron chi connectivity index (χ3n) is 5.67. The summed E-state index contributed by atoms with van der Waals surface area (Å²) in [4.78, 5) is 27.1. The van der Waals surface area contributed by atoms with Crippen molar-refractivity contribution in [2.24, 2.45) is 5.41 Å². The predicted octanol–water partition coefficient (Wildman–Crippen LogP) is 1.62. The predicted molar refractivity (Wildman–Crippen MR) is 141 cm³/mol. The van der Waals surface area contributed by atoms with Crippen LogP contribution in [0.4, 0.5) is 11.4 Å². The molecule has 3 aromatic rings. The van der Waals surface area contributed by atoms with Gasteiger partial charge in [0.05, 0.1) is 23.9 Å². The molecule has 1 aromatic carbocycles. The van der Waals surface area contributed by atoms with Gasteiger partial charge in [0.15, 0.2) is 0 Å². The average molecular weight is 536 g/mol. The minimum Gasteiger partial charge on any atom is -0.340 e. The van der Waals surface area contributed by atoms with Crippen molar-refractivity contribution < 1.29 is 17.5 Å². The molecule has 0 saturated carbocycles. The van der Waals surface area contributed by atoms with Crippen LogP contribution < -0.4 is 36.6 Å². The average Bonchev–Trinajstić information content (AvgIpc) is 3.22. The number of benzene rings is 1. The van der Waals surface area contributed by atoms with Gasteiger partial charge in [-0.05, 0) is 49.1 Å². The number of rotatable bonds is 6. The standard InChI is InChI=1S/C23H30N5O6PS/c1-6-34-35(31)18-14-15(26-36(5,32)33)9-10-16(18)24-21(25-35)19-20(29)17-8-7-12-27(17)28(22(19)30)13-11-23(2,3)4/h7-10,12,14,24,26H,6,11,13H2,1-5H3,(H,25,31). The van der Waals surface area contributed by atoms with Crippen molar-refractivity contribution in [3.05, 3.63) is 62.3 Å². The zero-order chi connectivity index (χ0) is 26.5. The molecular weight excluding hydrogens is 505 g/mol. The van der Waals surface area contributed by atoms with Gasteiger partial charge in [-0.25, -0.2) is 13.1 Å². The molecule has 194 valence electrons. The summed E-state index contributed by atoms with van der Waals surface area (Å²) in [6.45, 7) is 8.29. The van der Waals surface area contributed by atoms with Crippen molar-refractivity contribution in [2.45, 2.75) is 40.7 Å². The van der Waals surface area contributed by atoms with E-state index in [1.54, 1.807) is 29.8 Å². The van der Waals surface area contributed by atoms with E-state index in [1.807, 2.05) is 0 Å². The summed E-state index contributed by atoms with van der Waals surface area (Å²) >= 11 is 0. The Morgan fingerprint density at radius 3 is 2.53 bits per heavy atom. The van der Waals surface area contributed by atoms with Crippen LogP contribution in [0.1, 0.15) is 34.1 Å². The van der Waals surface area contributed by atoms with Gasteiger partial charge in [-0.1, -0.05) is 20.8 Å². The lowest BCUT2D eigenvalue weighted by Gasteiger charge is -2.30. The second-order valence-corrected chi connectivity index (χ2v) is 13.7. The van der Waals surface area contributed by atoms with E-state index in [0.717, 1.165) is 6.26 Å². The van der Waals surface area contributed by atoms with Crippen LogP contribution in [-0.2, 0) is 25.7 Å². The molecule has 36 heavy (non-hydrogen) atoms. The lowest BCUT2D eigenvalue weighted by Crippen LogP contribution is -2.52. The molecule has 0 saturated heterocycles. The van der Waals surface area contributed by atoms with Crippen LogP contribution in [0.25, 0.3) is 11.3 Å².